The minimum absolute atomic E-state index is 0.171. The topological polar surface area (TPSA) is 149 Å². The van der Waals surface area contributed by atoms with Gasteiger partial charge in [-0.15, -0.1) is 0 Å². The maximum atomic E-state index is 13.1. The SMILES string of the molecule is CCCCCCCCCC/C=C\CCCCCCCCCCCCCCCCCCCCCCCCCCCCCC(=O)NC(COC1OC(CO)C(O)C(O)C1O)C(O)/C=C/CCCCCCCCCCCCC. The highest BCUT2D eigenvalue weighted by Crippen LogP contribution is 2.23. The summed E-state index contributed by atoms with van der Waals surface area (Å²) in [7, 11) is 0. The van der Waals surface area contributed by atoms with Crippen LogP contribution in [-0.2, 0) is 14.3 Å². The lowest BCUT2D eigenvalue weighted by Gasteiger charge is -2.40. The van der Waals surface area contributed by atoms with Gasteiger partial charge in [0, 0.05) is 6.42 Å². The van der Waals surface area contributed by atoms with E-state index in [1.165, 1.54) is 276 Å². The second-order valence-corrected chi connectivity index (χ2v) is 23.3. The van der Waals surface area contributed by atoms with E-state index in [1.807, 2.05) is 6.08 Å². The maximum Gasteiger partial charge on any atom is 0.220 e. The molecule has 0 aromatic heterocycles. The number of allylic oxidation sites excluding steroid dienone is 3. The molecule has 1 aliphatic rings. The van der Waals surface area contributed by atoms with Gasteiger partial charge in [0.1, 0.15) is 24.4 Å². The molecule has 1 saturated heterocycles. The number of amides is 1. The Bertz CT molecular complexity index is 1230. The molecule has 0 aromatic carbocycles. The molecule has 0 saturated carbocycles. The largest absolute Gasteiger partial charge is 0.394 e. The minimum atomic E-state index is -1.56. The number of carbonyl (C=O) groups is 1. The van der Waals surface area contributed by atoms with Crippen molar-refractivity contribution in [3.05, 3.63) is 24.3 Å². The highest BCUT2D eigenvalue weighted by atomic mass is 16.7. The number of nitrogens with one attached hydrogen (secondary N) is 1. The second kappa shape index (κ2) is 56.0. The van der Waals surface area contributed by atoms with Crippen LogP contribution in [0.4, 0.5) is 0 Å². The monoisotopic (exact) mass is 1060 g/mol. The fourth-order valence-corrected chi connectivity index (χ4v) is 10.8. The summed E-state index contributed by atoms with van der Waals surface area (Å²) < 4.78 is 11.3. The molecule has 6 N–H and O–H groups in total. The standard InChI is InChI=1S/C66H127NO8/c1-3-5-7-9-11-13-15-17-18-19-20-21-22-23-24-25-26-27-28-29-30-31-32-33-34-35-36-37-38-39-40-41-42-44-46-48-50-52-54-56-62(70)67-59(58-74-66-65(73)64(72)63(71)61(57-68)75-66)60(69)55-53-51-49-47-45-43-16-14-12-10-8-6-4-2/h19-20,53,55,59-61,63-66,68-69,71-73H,3-18,21-52,54,56-58H2,1-2H3,(H,67,70)/b20-19-,55-53+. The van der Waals surface area contributed by atoms with Gasteiger partial charge < -0.3 is 40.3 Å². The maximum absolute atomic E-state index is 13.1. The van der Waals surface area contributed by atoms with Crippen LogP contribution < -0.4 is 5.32 Å². The third kappa shape index (κ3) is 45.1. The van der Waals surface area contributed by atoms with E-state index < -0.39 is 49.5 Å². The van der Waals surface area contributed by atoms with E-state index >= 15 is 0 Å². The van der Waals surface area contributed by atoms with Crippen LogP contribution in [0.1, 0.15) is 335 Å². The van der Waals surface area contributed by atoms with E-state index in [0.29, 0.717) is 6.42 Å². The van der Waals surface area contributed by atoms with Crippen LogP contribution in [0.3, 0.4) is 0 Å². The van der Waals surface area contributed by atoms with Crippen LogP contribution in [-0.4, -0.2) is 87.5 Å². The molecule has 0 aliphatic carbocycles. The lowest BCUT2D eigenvalue weighted by atomic mass is 9.99. The van der Waals surface area contributed by atoms with Gasteiger partial charge >= 0.3 is 0 Å². The molecule has 9 heteroatoms. The van der Waals surface area contributed by atoms with Gasteiger partial charge in [-0.05, 0) is 44.9 Å². The molecule has 0 aromatic rings. The van der Waals surface area contributed by atoms with Gasteiger partial charge in [-0.1, -0.05) is 308 Å². The van der Waals surface area contributed by atoms with Crippen LogP contribution in [0.2, 0.25) is 0 Å². The van der Waals surface area contributed by atoms with Crippen molar-refractivity contribution >= 4 is 5.91 Å². The first-order valence-electron chi connectivity index (χ1n) is 33.1. The van der Waals surface area contributed by atoms with Gasteiger partial charge in [-0.3, -0.25) is 4.79 Å². The fraction of sp³-hybridized carbons (Fsp3) is 0.924. The summed E-state index contributed by atoms with van der Waals surface area (Å²) in [6.07, 6.45) is 65.9. The predicted molar refractivity (Wildman–Crippen MR) is 318 cm³/mol. The molecule has 1 heterocycles. The zero-order valence-corrected chi connectivity index (χ0v) is 49.6. The quantitative estimate of drug-likeness (QED) is 0.0261. The van der Waals surface area contributed by atoms with Gasteiger partial charge in [0.2, 0.25) is 5.91 Å². The van der Waals surface area contributed by atoms with Gasteiger partial charge in [0.25, 0.3) is 0 Å². The highest BCUT2D eigenvalue weighted by Gasteiger charge is 2.44. The molecule has 0 bridgehead atoms. The van der Waals surface area contributed by atoms with E-state index in [0.717, 1.165) is 38.5 Å². The van der Waals surface area contributed by atoms with Crippen LogP contribution in [0.15, 0.2) is 24.3 Å². The highest BCUT2D eigenvalue weighted by molar-refractivity contribution is 5.76. The lowest BCUT2D eigenvalue weighted by Crippen LogP contribution is -2.60. The van der Waals surface area contributed by atoms with Crippen molar-refractivity contribution in [3.63, 3.8) is 0 Å². The Hall–Kier alpha value is -1.33. The first kappa shape index (κ1) is 71.7. The first-order valence-corrected chi connectivity index (χ1v) is 33.1. The average molecular weight is 1060 g/mol. The van der Waals surface area contributed by atoms with Crippen LogP contribution in [0.5, 0.6) is 0 Å². The van der Waals surface area contributed by atoms with Crippen molar-refractivity contribution < 1.29 is 39.8 Å². The Morgan fingerprint density at radius 1 is 0.440 bits per heavy atom. The smallest absolute Gasteiger partial charge is 0.220 e. The molecule has 75 heavy (non-hydrogen) atoms. The number of hydrogen-bond donors (Lipinski definition) is 6. The van der Waals surface area contributed by atoms with Crippen molar-refractivity contribution in [1.82, 2.24) is 5.32 Å². The molecule has 1 fully saturated rings. The molecule has 1 aliphatic heterocycles. The Balaban J connectivity index is 2.01. The molecule has 0 radical (unpaired) electrons. The van der Waals surface area contributed by atoms with Gasteiger partial charge in [-0.25, -0.2) is 0 Å². The lowest BCUT2D eigenvalue weighted by molar-refractivity contribution is -0.302. The summed E-state index contributed by atoms with van der Waals surface area (Å²) in [5.41, 5.74) is 0. The molecule has 0 spiro atoms. The Morgan fingerprint density at radius 2 is 0.747 bits per heavy atom. The third-order valence-electron chi connectivity index (χ3n) is 16.0. The minimum Gasteiger partial charge on any atom is -0.394 e. The van der Waals surface area contributed by atoms with E-state index in [9.17, 15) is 30.3 Å². The zero-order chi connectivity index (χ0) is 54.3. The first-order chi connectivity index (χ1) is 36.8. The summed E-state index contributed by atoms with van der Waals surface area (Å²) in [4.78, 5) is 13.1. The molecule has 1 rings (SSSR count). The number of aliphatic hydroxyl groups excluding tert-OH is 5. The molecular formula is C66H127NO8. The summed E-state index contributed by atoms with van der Waals surface area (Å²) >= 11 is 0. The molecule has 7 unspecified atom stereocenters. The van der Waals surface area contributed by atoms with Crippen molar-refractivity contribution in [2.24, 2.45) is 0 Å². The number of rotatable bonds is 58. The molecule has 7 atom stereocenters. The van der Waals surface area contributed by atoms with Crippen LogP contribution >= 0.6 is 0 Å². The Kier molecular flexibility index (Phi) is 53.5. The summed E-state index contributed by atoms with van der Waals surface area (Å²) in [6, 6.07) is -0.801. The fourth-order valence-electron chi connectivity index (χ4n) is 10.8. The van der Waals surface area contributed by atoms with Gasteiger partial charge in [0.05, 0.1) is 25.4 Å². The van der Waals surface area contributed by atoms with Crippen molar-refractivity contribution in [2.45, 2.75) is 378 Å². The third-order valence-corrected chi connectivity index (χ3v) is 16.0. The number of carbonyl (C=O) groups excluding carboxylic acids is 1. The van der Waals surface area contributed by atoms with E-state index in [4.69, 9.17) is 9.47 Å². The Labute approximate surface area is 464 Å². The Morgan fingerprint density at radius 3 is 1.08 bits per heavy atom. The molecule has 9 nitrogen and oxygen atoms in total. The zero-order valence-electron chi connectivity index (χ0n) is 49.6. The van der Waals surface area contributed by atoms with Gasteiger partial charge in [0.15, 0.2) is 6.29 Å². The molecule has 1 amide bonds. The van der Waals surface area contributed by atoms with E-state index in [1.54, 1.807) is 6.08 Å². The van der Waals surface area contributed by atoms with Gasteiger partial charge in [-0.2, -0.15) is 0 Å². The number of aliphatic hydroxyl groups is 5. The molecule has 444 valence electrons. The predicted octanol–water partition coefficient (Wildman–Crippen LogP) is 17.3. The van der Waals surface area contributed by atoms with Crippen LogP contribution in [0, 0.1) is 0 Å². The van der Waals surface area contributed by atoms with Crippen molar-refractivity contribution in [1.29, 1.82) is 0 Å². The summed E-state index contributed by atoms with van der Waals surface area (Å²) in [5.74, 6) is -0.171. The average Bonchev–Trinajstić information content (AvgIpc) is 3.41. The number of hydrogen-bond acceptors (Lipinski definition) is 8. The van der Waals surface area contributed by atoms with Crippen molar-refractivity contribution in [3.8, 4) is 0 Å². The second-order valence-electron chi connectivity index (χ2n) is 23.3. The summed E-state index contributed by atoms with van der Waals surface area (Å²) in [5, 5.41) is 54.5. The van der Waals surface area contributed by atoms with Crippen LogP contribution in [0.25, 0.3) is 0 Å². The van der Waals surface area contributed by atoms with Crippen molar-refractivity contribution in [2.75, 3.05) is 13.2 Å². The van der Waals surface area contributed by atoms with E-state index in [-0.39, 0.29) is 12.5 Å². The number of unbranched alkanes of at least 4 members (excludes halogenated alkanes) is 46. The normalized spacial score (nSPS) is 18.9. The summed E-state index contributed by atoms with van der Waals surface area (Å²) in [6.45, 7) is 3.80. The molecular weight excluding hydrogens is 935 g/mol. The van der Waals surface area contributed by atoms with E-state index in [2.05, 4.69) is 31.3 Å². The number of ether oxygens (including phenoxy) is 2.